The van der Waals surface area contributed by atoms with Gasteiger partial charge in [0.15, 0.2) is 0 Å². The van der Waals surface area contributed by atoms with Gasteiger partial charge in [0.05, 0.1) is 0 Å². The minimum Gasteiger partial charge on any atom is -0.336 e. The number of hydrogen-bond donors (Lipinski definition) is 2. The van der Waals surface area contributed by atoms with Gasteiger partial charge >= 0.3 is 0 Å². The van der Waals surface area contributed by atoms with Crippen LogP contribution in [0.15, 0.2) is 24.3 Å². The average Bonchev–Trinajstić information content (AvgIpc) is 3.24. The van der Waals surface area contributed by atoms with Crippen molar-refractivity contribution in [3.05, 3.63) is 29.8 Å². The second-order valence-electron chi connectivity index (χ2n) is 6.50. The fourth-order valence-electron chi connectivity index (χ4n) is 2.95. The molecule has 2 N–H and O–H groups in total. The van der Waals surface area contributed by atoms with Crippen LogP contribution in [0.3, 0.4) is 0 Å². The van der Waals surface area contributed by atoms with Crippen LogP contribution in [0, 0.1) is 11.8 Å². The topological polar surface area (TPSA) is 61.4 Å². The van der Waals surface area contributed by atoms with Crippen LogP contribution < -0.4 is 10.6 Å². The summed E-state index contributed by atoms with van der Waals surface area (Å²) >= 11 is 0. The Hall–Kier alpha value is -1.88. The van der Waals surface area contributed by atoms with Crippen molar-refractivity contribution in [1.29, 1.82) is 0 Å². The number of rotatable bonds is 3. The number of piperazine rings is 1. The van der Waals surface area contributed by atoms with Gasteiger partial charge in [0.25, 0.3) is 5.91 Å². The van der Waals surface area contributed by atoms with Crippen LogP contribution in [0.4, 0.5) is 5.69 Å². The number of amides is 2. The van der Waals surface area contributed by atoms with E-state index in [4.69, 9.17) is 0 Å². The number of anilines is 1. The Morgan fingerprint density at radius 3 is 2.77 bits per heavy atom. The van der Waals surface area contributed by atoms with E-state index in [1.807, 2.05) is 23.1 Å². The van der Waals surface area contributed by atoms with Crippen molar-refractivity contribution < 1.29 is 9.59 Å². The summed E-state index contributed by atoms with van der Waals surface area (Å²) in [4.78, 5) is 26.4. The Labute approximate surface area is 131 Å². The predicted molar refractivity (Wildman–Crippen MR) is 85.7 cm³/mol. The van der Waals surface area contributed by atoms with Crippen molar-refractivity contribution >= 4 is 17.5 Å². The highest BCUT2D eigenvalue weighted by molar-refractivity contribution is 5.98. The van der Waals surface area contributed by atoms with Crippen molar-refractivity contribution in [1.82, 2.24) is 10.2 Å². The fraction of sp³-hybridized carbons (Fsp3) is 0.529. The minimum absolute atomic E-state index is 0.0317. The highest BCUT2D eigenvalue weighted by Gasteiger charge is 2.39. The molecule has 1 aromatic carbocycles. The number of benzene rings is 1. The van der Waals surface area contributed by atoms with Gasteiger partial charge in [-0.25, -0.2) is 0 Å². The summed E-state index contributed by atoms with van der Waals surface area (Å²) in [6.07, 6.45) is 0.961. The number of carbonyl (C=O) groups excluding carboxylic acids is 2. The molecule has 3 rings (SSSR count). The molecule has 2 fully saturated rings. The molecule has 1 saturated carbocycles. The molecular weight excluding hydrogens is 278 g/mol. The molecule has 1 saturated heterocycles. The van der Waals surface area contributed by atoms with E-state index in [9.17, 15) is 9.59 Å². The molecule has 0 spiro atoms. The standard InChI is InChI=1S/C17H23N3O2/c1-11-8-15(11)16(21)19-14-5-3-4-13(9-14)17(22)20-7-6-18-12(2)10-20/h3-5,9,11-12,15,18H,6-8,10H2,1-2H3,(H,19,21). The molecule has 0 aromatic heterocycles. The van der Waals surface area contributed by atoms with E-state index < -0.39 is 0 Å². The minimum atomic E-state index is 0.0317. The van der Waals surface area contributed by atoms with Gasteiger partial charge in [-0.3, -0.25) is 9.59 Å². The largest absolute Gasteiger partial charge is 0.336 e. The lowest BCUT2D eigenvalue weighted by Gasteiger charge is -2.32. The first-order chi connectivity index (χ1) is 10.5. The molecule has 5 heteroatoms. The highest BCUT2D eigenvalue weighted by Crippen LogP contribution is 2.38. The lowest BCUT2D eigenvalue weighted by Crippen LogP contribution is -2.51. The lowest BCUT2D eigenvalue weighted by atomic mass is 10.1. The Morgan fingerprint density at radius 2 is 2.09 bits per heavy atom. The molecule has 1 heterocycles. The zero-order valence-electron chi connectivity index (χ0n) is 13.1. The smallest absolute Gasteiger partial charge is 0.254 e. The van der Waals surface area contributed by atoms with Gasteiger partial charge in [0, 0.05) is 42.8 Å². The van der Waals surface area contributed by atoms with E-state index in [1.165, 1.54) is 0 Å². The van der Waals surface area contributed by atoms with Crippen molar-refractivity contribution in [2.24, 2.45) is 11.8 Å². The van der Waals surface area contributed by atoms with Crippen LogP contribution in [-0.4, -0.2) is 42.4 Å². The predicted octanol–water partition coefficient (Wildman–Crippen LogP) is 1.72. The Morgan fingerprint density at radius 1 is 1.32 bits per heavy atom. The molecule has 22 heavy (non-hydrogen) atoms. The van der Waals surface area contributed by atoms with Gasteiger partial charge in [0.1, 0.15) is 0 Å². The summed E-state index contributed by atoms with van der Waals surface area (Å²) in [6.45, 7) is 6.42. The first-order valence-electron chi connectivity index (χ1n) is 7.98. The summed E-state index contributed by atoms with van der Waals surface area (Å²) in [5, 5.41) is 6.25. The molecule has 1 aliphatic heterocycles. The van der Waals surface area contributed by atoms with Gasteiger partial charge in [-0.2, -0.15) is 0 Å². The first-order valence-corrected chi connectivity index (χ1v) is 7.98. The van der Waals surface area contributed by atoms with Crippen LogP contribution in [0.5, 0.6) is 0 Å². The highest BCUT2D eigenvalue weighted by atomic mass is 16.2. The van der Waals surface area contributed by atoms with Gasteiger partial charge in [-0.15, -0.1) is 0 Å². The Kier molecular flexibility index (Phi) is 4.16. The monoisotopic (exact) mass is 301 g/mol. The van der Waals surface area contributed by atoms with Crippen LogP contribution in [0.1, 0.15) is 30.6 Å². The maximum atomic E-state index is 12.6. The molecule has 5 nitrogen and oxygen atoms in total. The lowest BCUT2D eigenvalue weighted by molar-refractivity contribution is -0.117. The quantitative estimate of drug-likeness (QED) is 0.893. The normalized spacial score (nSPS) is 27.4. The van der Waals surface area contributed by atoms with Crippen LogP contribution >= 0.6 is 0 Å². The molecule has 1 aliphatic carbocycles. The average molecular weight is 301 g/mol. The molecule has 2 amide bonds. The van der Waals surface area contributed by atoms with Crippen molar-refractivity contribution in [2.45, 2.75) is 26.3 Å². The number of carbonyl (C=O) groups is 2. The first kappa shape index (κ1) is 15.0. The Balaban J connectivity index is 1.67. The third-order valence-corrected chi connectivity index (χ3v) is 4.48. The molecule has 3 unspecified atom stereocenters. The number of nitrogens with zero attached hydrogens (tertiary/aromatic N) is 1. The van der Waals surface area contributed by atoms with Crippen molar-refractivity contribution in [3.8, 4) is 0 Å². The van der Waals surface area contributed by atoms with Gasteiger partial charge < -0.3 is 15.5 Å². The van der Waals surface area contributed by atoms with Crippen molar-refractivity contribution in [2.75, 3.05) is 25.0 Å². The van der Waals surface area contributed by atoms with Gasteiger partial charge in [-0.05, 0) is 37.5 Å². The molecule has 3 atom stereocenters. The summed E-state index contributed by atoms with van der Waals surface area (Å²) < 4.78 is 0. The SMILES string of the molecule is CC1CN(C(=O)c2cccc(NC(=O)C3CC3C)c2)CCN1. The third-order valence-electron chi connectivity index (χ3n) is 4.48. The van der Waals surface area contributed by atoms with Gasteiger partial charge in [-0.1, -0.05) is 13.0 Å². The maximum absolute atomic E-state index is 12.6. The number of hydrogen-bond acceptors (Lipinski definition) is 3. The summed E-state index contributed by atoms with van der Waals surface area (Å²) in [6, 6.07) is 7.56. The molecule has 0 bridgehead atoms. The summed E-state index contributed by atoms with van der Waals surface area (Å²) in [5.41, 5.74) is 1.34. The van der Waals surface area contributed by atoms with Gasteiger partial charge in [0.2, 0.25) is 5.91 Å². The van der Waals surface area contributed by atoms with E-state index >= 15 is 0 Å². The maximum Gasteiger partial charge on any atom is 0.254 e. The summed E-state index contributed by atoms with van der Waals surface area (Å²) in [7, 11) is 0. The van der Waals surface area contributed by atoms with E-state index in [-0.39, 0.29) is 17.7 Å². The molecule has 0 radical (unpaired) electrons. The molecule has 2 aliphatic rings. The fourth-order valence-corrected chi connectivity index (χ4v) is 2.95. The number of nitrogens with one attached hydrogen (secondary N) is 2. The molecule has 1 aromatic rings. The zero-order chi connectivity index (χ0) is 15.7. The van der Waals surface area contributed by atoms with E-state index in [0.717, 1.165) is 26.1 Å². The van der Waals surface area contributed by atoms with E-state index in [0.29, 0.717) is 23.2 Å². The van der Waals surface area contributed by atoms with Crippen LogP contribution in [0.2, 0.25) is 0 Å². The molecular formula is C17H23N3O2. The van der Waals surface area contributed by atoms with Crippen LogP contribution in [-0.2, 0) is 4.79 Å². The van der Waals surface area contributed by atoms with E-state index in [1.54, 1.807) is 6.07 Å². The Bertz CT molecular complexity index is 587. The molecule has 118 valence electrons. The zero-order valence-corrected chi connectivity index (χ0v) is 13.1. The van der Waals surface area contributed by atoms with Crippen LogP contribution in [0.25, 0.3) is 0 Å². The van der Waals surface area contributed by atoms with Crippen molar-refractivity contribution in [3.63, 3.8) is 0 Å². The second-order valence-corrected chi connectivity index (χ2v) is 6.50. The third kappa shape index (κ3) is 3.30. The summed E-state index contributed by atoms with van der Waals surface area (Å²) in [5.74, 6) is 0.706. The van der Waals surface area contributed by atoms with E-state index in [2.05, 4.69) is 24.5 Å². The second kappa shape index (κ2) is 6.08.